The minimum absolute atomic E-state index is 0.0151. The molecule has 0 bridgehead atoms. The molecule has 1 fully saturated rings. The quantitative estimate of drug-likeness (QED) is 0.660. The van der Waals surface area contributed by atoms with Gasteiger partial charge in [0.2, 0.25) is 0 Å². The smallest absolute Gasteiger partial charge is 0.145 e. The Hall–Kier alpha value is -1.56. The number of allylic oxidation sites excluding steroid dienone is 2. The third-order valence-electron chi connectivity index (χ3n) is 6.79. The van der Waals surface area contributed by atoms with Crippen LogP contribution in [-0.2, 0) is 11.8 Å². The minimum atomic E-state index is -0.214. The second-order valence-corrected chi connectivity index (χ2v) is 8.29. The molecular weight excluding hydrogens is 272 g/mol. The summed E-state index contributed by atoms with van der Waals surface area (Å²) in [5.74, 6) is 1.59. The highest BCUT2D eigenvalue weighted by atomic mass is 16.5. The van der Waals surface area contributed by atoms with E-state index in [9.17, 15) is 5.26 Å². The van der Waals surface area contributed by atoms with Gasteiger partial charge in [-0.15, -0.1) is 0 Å². The first kappa shape index (κ1) is 14.1. The van der Waals surface area contributed by atoms with Crippen LogP contribution in [0.3, 0.4) is 0 Å². The van der Waals surface area contributed by atoms with Crippen molar-refractivity contribution in [2.45, 2.75) is 64.7 Å². The normalized spacial score (nSPS) is 39.0. The van der Waals surface area contributed by atoms with Crippen LogP contribution in [0.15, 0.2) is 22.4 Å². The largest absolute Gasteiger partial charge is 0.361 e. The van der Waals surface area contributed by atoms with E-state index in [1.807, 2.05) is 6.20 Å². The Morgan fingerprint density at radius 2 is 2.14 bits per heavy atom. The Morgan fingerprint density at radius 1 is 1.32 bits per heavy atom. The standard InChI is InChI=1S/C19H24N2O/c1-17(2)14-7-9-19(12-20)8-5-4-6-15(19)18(14,3)10-13-11-21-22-16(13)17/h6,11,14H,4-5,7-10H2,1-3H3/t14-,18-,19+/m0/s1. The first-order valence-electron chi connectivity index (χ1n) is 8.50. The van der Waals surface area contributed by atoms with Gasteiger partial charge in [0, 0.05) is 11.0 Å². The van der Waals surface area contributed by atoms with E-state index in [0.29, 0.717) is 5.92 Å². The van der Waals surface area contributed by atoms with E-state index in [-0.39, 0.29) is 16.2 Å². The van der Waals surface area contributed by atoms with E-state index in [0.717, 1.165) is 44.3 Å². The van der Waals surface area contributed by atoms with Crippen LogP contribution >= 0.6 is 0 Å². The second kappa shape index (κ2) is 4.25. The maximum absolute atomic E-state index is 9.95. The van der Waals surface area contributed by atoms with Crippen molar-refractivity contribution in [1.82, 2.24) is 5.16 Å². The van der Waals surface area contributed by atoms with E-state index >= 15 is 0 Å². The third-order valence-corrected chi connectivity index (χ3v) is 6.79. The minimum Gasteiger partial charge on any atom is -0.361 e. The topological polar surface area (TPSA) is 49.8 Å². The highest BCUT2D eigenvalue weighted by Gasteiger charge is 2.60. The summed E-state index contributed by atoms with van der Waals surface area (Å²) in [5.41, 5.74) is 2.50. The average Bonchev–Trinajstić information content (AvgIpc) is 2.95. The van der Waals surface area contributed by atoms with Crippen LogP contribution in [0.1, 0.15) is 64.2 Å². The number of nitriles is 1. The Kier molecular flexibility index (Phi) is 2.72. The maximum Gasteiger partial charge on any atom is 0.145 e. The molecule has 0 aromatic carbocycles. The van der Waals surface area contributed by atoms with E-state index in [2.05, 4.69) is 38.1 Å². The summed E-state index contributed by atoms with van der Waals surface area (Å²) in [4.78, 5) is 0. The first-order valence-corrected chi connectivity index (χ1v) is 8.50. The molecule has 0 spiro atoms. The lowest BCUT2D eigenvalue weighted by molar-refractivity contribution is 0.0335. The molecule has 3 aliphatic carbocycles. The van der Waals surface area contributed by atoms with Crippen molar-refractivity contribution in [3.05, 3.63) is 29.2 Å². The Labute approximate surface area is 132 Å². The van der Waals surface area contributed by atoms with Gasteiger partial charge in [0.05, 0.1) is 17.7 Å². The molecule has 22 heavy (non-hydrogen) atoms. The molecule has 0 radical (unpaired) electrons. The van der Waals surface area contributed by atoms with Gasteiger partial charge in [0.25, 0.3) is 0 Å². The molecule has 4 rings (SSSR count). The monoisotopic (exact) mass is 296 g/mol. The molecule has 0 saturated heterocycles. The Morgan fingerprint density at radius 3 is 2.91 bits per heavy atom. The summed E-state index contributed by atoms with van der Waals surface area (Å²) >= 11 is 0. The zero-order chi connectivity index (χ0) is 15.6. The molecule has 3 nitrogen and oxygen atoms in total. The van der Waals surface area contributed by atoms with Crippen LogP contribution in [0.2, 0.25) is 0 Å². The molecule has 0 unspecified atom stereocenters. The van der Waals surface area contributed by atoms with Crippen molar-refractivity contribution in [3.63, 3.8) is 0 Å². The molecule has 1 aromatic heterocycles. The van der Waals surface area contributed by atoms with Gasteiger partial charge >= 0.3 is 0 Å². The number of hydrogen-bond acceptors (Lipinski definition) is 3. The van der Waals surface area contributed by atoms with Gasteiger partial charge in [0.1, 0.15) is 5.76 Å². The predicted molar refractivity (Wildman–Crippen MR) is 84.0 cm³/mol. The summed E-state index contributed by atoms with van der Waals surface area (Å²) in [6, 6.07) is 2.72. The van der Waals surface area contributed by atoms with Crippen molar-refractivity contribution in [2.24, 2.45) is 16.7 Å². The lowest BCUT2D eigenvalue weighted by Gasteiger charge is -2.58. The summed E-state index contributed by atoms with van der Waals surface area (Å²) in [6.07, 6.45) is 10.7. The van der Waals surface area contributed by atoms with Gasteiger partial charge in [-0.25, -0.2) is 0 Å². The Bertz CT molecular complexity index is 693. The third kappa shape index (κ3) is 1.54. The molecule has 0 aliphatic heterocycles. The molecule has 0 amide bonds. The second-order valence-electron chi connectivity index (χ2n) is 8.29. The molecule has 3 heteroatoms. The van der Waals surface area contributed by atoms with Crippen LogP contribution in [0, 0.1) is 28.1 Å². The van der Waals surface area contributed by atoms with Crippen LogP contribution in [0.4, 0.5) is 0 Å². The summed E-state index contributed by atoms with van der Waals surface area (Å²) in [7, 11) is 0. The summed E-state index contributed by atoms with van der Waals surface area (Å²) in [6.45, 7) is 6.97. The van der Waals surface area contributed by atoms with Crippen LogP contribution in [-0.4, -0.2) is 5.16 Å². The van der Waals surface area contributed by atoms with E-state index in [4.69, 9.17) is 4.52 Å². The molecule has 1 aromatic rings. The number of rotatable bonds is 0. The highest BCUT2D eigenvalue weighted by molar-refractivity contribution is 5.42. The van der Waals surface area contributed by atoms with Gasteiger partial charge in [-0.3, -0.25) is 0 Å². The SMILES string of the molecule is CC1(C)c2oncc2C[C@]2(C)C3=CCCC[C@]3(C#N)CC[C@@H]12. The van der Waals surface area contributed by atoms with Gasteiger partial charge in [-0.05, 0) is 55.4 Å². The summed E-state index contributed by atoms with van der Waals surface area (Å²) in [5, 5.41) is 14.0. The molecule has 1 saturated carbocycles. The van der Waals surface area contributed by atoms with Crippen LogP contribution in [0.25, 0.3) is 0 Å². The predicted octanol–water partition coefficient (Wildman–Crippen LogP) is 4.54. The van der Waals surface area contributed by atoms with Gasteiger partial charge in [-0.1, -0.05) is 32.0 Å². The lowest BCUT2D eigenvalue weighted by Crippen LogP contribution is -2.54. The van der Waals surface area contributed by atoms with E-state index in [1.54, 1.807) is 0 Å². The molecule has 3 aliphatic rings. The first-order chi connectivity index (χ1) is 10.4. The zero-order valence-electron chi connectivity index (χ0n) is 13.8. The fraction of sp³-hybridized carbons (Fsp3) is 0.684. The van der Waals surface area contributed by atoms with Crippen molar-refractivity contribution in [2.75, 3.05) is 0 Å². The van der Waals surface area contributed by atoms with Gasteiger partial charge < -0.3 is 4.52 Å². The van der Waals surface area contributed by atoms with Crippen LogP contribution in [0.5, 0.6) is 0 Å². The maximum atomic E-state index is 9.95. The van der Waals surface area contributed by atoms with Crippen molar-refractivity contribution >= 4 is 0 Å². The van der Waals surface area contributed by atoms with Crippen LogP contribution < -0.4 is 0 Å². The van der Waals surface area contributed by atoms with E-state index < -0.39 is 0 Å². The van der Waals surface area contributed by atoms with Crippen molar-refractivity contribution < 1.29 is 4.52 Å². The molecule has 0 N–H and O–H groups in total. The number of aromatic nitrogens is 1. The van der Waals surface area contributed by atoms with Gasteiger partial charge in [-0.2, -0.15) is 5.26 Å². The number of hydrogen-bond donors (Lipinski definition) is 0. The van der Waals surface area contributed by atoms with E-state index in [1.165, 1.54) is 11.1 Å². The fourth-order valence-corrected chi connectivity index (χ4v) is 5.94. The lowest BCUT2D eigenvalue weighted by atomic mass is 9.44. The zero-order valence-corrected chi connectivity index (χ0v) is 13.8. The molecule has 116 valence electrons. The van der Waals surface area contributed by atoms with Crippen molar-refractivity contribution in [3.8, 4) is 6.07 Å². The number of nitrogens with zero attached hydrogens (tertiary/aromatic N) is 2. The van der Waals surface area contributed by atoms with Gasteiger partial charge in [0.15, 0.2) is 0 Å². The Balaban J connectivity index is 1.91. The molecule has 3 atom stereocenters. The number of fused-ring (bicyclic) bond motifs is 4. The summed E-state index contributed by atoms with van der Waals surface area (Å²) < 4.78 is 5.62. The molecular formula is C19H24N2O. The van der Waals surface area contributed by atoms with Crippen molar-refractivity contribution in [1.29, 1.82) is 5.26 Å². The fourth-order valence-electron chi connectivity index (χ4n) is 5.94. The molecule has 1 heterocycles. The average molecular weight is 296 g/mol. The highest BCUT2D eigenvalue weighted by Crippen LogP contribution is 2.64.